The smallest absolute Gasteiger partial charge is 0.309 e. The molecule has 35 heavy (non-hydrogen) atoms. The zero-order valence-electron chi connectivity index (χ0n) is 20.0. The number of anilines is 2. The molecule has 0 aliphatic carbocycles. The molecule has 2 aliphatic rings. The Bertz CT molecular complexity index is 1270. The maximum Gasteiger partial charge on any atom is 0.309 e. The third-order valence-electron chi connectivity index (χ3n) is 6.71. The summed E-state index contributed by atoms with van der Waals surface area (Å²) in [5.41, 5.74) is 9.77. The predicted octanol–water partition coefficient (Wildman–Crippen LogP) is 3.70. The predicted molar refractivity (Wildman–Crippen MR) is 137 cm³/mol. The fraction of sp³-hybridized carbons (Fsp3) is 0.423. The number of pyridine rings is 1. The number of carbonyl (C=O) groups excluding carboxylic acids is 2. The Labute approximate surface area is 208 Å². The van der Waals surface area contributed by atoms with Crippen LogP contribution >= 0.6 is 11.3 Å². The van der Waals surface area contributed by atoms with E-state index >= 15 is 0 Å². The second-order valence-electron chi connectivity index (χ2n) is 9.14. The molecular formula is C26H30N4O4S. The van der Waals surface area contributed by atoms with Gasteiger partial charge in [-0.2, -0.15) is 0 Å². The van der Waals surface area contributed by atoms with Crippen LogP contribution in [0.1, 0.15) is 40.7 Å². The topological polar surface area (TPSA) is 107 Å². The fourth-order valence-corrected chi connectivity index (χ4v) is 5.84. The van der Waals surface area contributed by atoms with Gasteiger partial charge < -0.3 is 25.4 Å². The van der Waals surface area contributed by atoms with E-state index in [1.165, 1.54) is 11.3 Å². The van der Waals surface area contributed by atoms with Gasteiger partial charge in [-0.15, -0.1) is 11.3 Å². The molecular weight excluding hydrogens is 464 g/mol. The first-order chi connectivity index (χ1) is 16.9. The van der Waals surface area contributed by atoms with Crippen LogP contribution < -0.4 is 20.7 Å². The Morgan fingerprint density at radius 3 is 2.83 bits per heavy atom. The normalized spacial score (nSPS) is 18.1. The average molecular weight is 495 g/mol. The Hall–Kier alpha value is -3.33. The number of ether oxygens (including phenoxy) is 2. The number of aryl methyl sites for hydroxylation is 1. The lowest BCUT2D eigenvalue weighted by molar-refractivity contribution is -0.148. The summed E-state index contributed by atoms with van der Waals surface area (Å²) in [5.74, 6) is 0.555. The number of thiophene rings is 1. The third-order valence-corrected chi connectivity index (χ3v) is 7.83. The molecule has 1 aromatic carbocycles. The summed E-state index contributed by atoms with van der Waals surface area (Å²) in [7, 11) is 0. The minimum Gasteiger partial charge on any atom is -0.491 e. The molecule has 8 nitrogen and oxygen atoms in total. The summed E-state index contributed by atoms with van der Waals surface area (Å²) < 4.78 is 11.2. The van der Waals surface area contributed by atoms with Gasteiger partial charge in [0.1, 0.15) is 22.1 Å². The van der Waals surface area contributed by atoms with E-state index in [4.69, 9.17) is 15.2 Å². The number of hydrogen-bond donors (Lipinski definition) is 2. The lowest BCUT2D eigenvalue weighted by Crippen LogP contribution is -2.42. The number of piperidine rings is 1. The highest BCUT2D eigenvalue weighted by atomic mass is 32.1. The highest BCUT2D eigenvalue weighted by Crippen LogP contribution is 2.34. The van der Waals surface area contributed by atoms with Crippen molar-refractivity contribution in [2.75, 3.05) is 36.9 Å². The minimum absolute atomic E-state index is 0.0146. The van der Waals surface area contributed by atoms with Gasteiger partial charge in [-0.1, -0.05) is 6.07 Å². The van der Waals surface area contributed by atoms with Crippen molar-refractivity contribution in [3.63, 3.8) is 0 Å². The molecule has 0 saturated carbocycles. The average Bonchev–Trinajstić information content (AvgIpc) is 3.19. The van der Waals surface area contributed by atoms with Gasteiger partial charge in [0.05, 0.1) is 24.3 Å². The number of amides is 1. The molecule has 0 unspecified atom stereocenters. The monoisotopic (exact) mass is 494 g/mol. The zero-order valence-corrected chi connectivity index (χ0v) is 20.8. The van der Waals surface area contributed by atoms with Gasteiger partial charge in [0.2, 0.25) is 0 Å². The standard InChI is InChI=1S/C26H30N4O4S/c1-3-33-26(32)16-8-10-30(11-9-16)19-6-5-17-12-18(14-34-21(17)13-19)29-24(31)23-22(27)20-7-4-15(2)28-25(20)35-23/h4-7,13,16,18H,3,8-12,14,27H2,1-2H3,(H,29,31)/t18-/m1/s1. The Kier molecular flexibility index (Phi) is 6.51. The number of nitrogens with one attached hydrogen (secondary N) is 1. The largest absolute Gasteiger partial charge is 0.491 e. The van der Waals surface area contributed by atoms with E-state index in [0.717, 1.165) is 58.8 Å². The Morgan fingerprint density at radius 2 is 2.06 bits per heavy atom. The van der Waals surface area contributed by atoms with E-state index in [0.29, 0.717) is 30.2 Å². The van der Waals surface area contributed by atoms with Crippen LogP contribution in [0.4, 0.5) is 11.4 Å². The van der Waals surface area contributed by atoms with Crippen molar-refractivity contribution >= 4 is 44.8 Å². The quantitative estimate of drug-likeness (QED) is 0.521. The number of fused-ring (bicyclic) bond motifs is 2. The molecule has 3 aromatic rings. The van der Waals surface area contributed by atoms with Gasteiger partial charge in [-0.3, -0.25) is 9.59 Å². The van der Waals surface area contributed by atoms with E-state index in [9.17, 15) is 9.59 Å². The van der Waals surface area contributed by atoms with Gasteiger partial charge in [0, 0.05) is 35.9 Å². The lowest BCUT2D eigenvalue weighted by atomic mass is 9.96. The van der Waals surface area contributed by atoms with Gasteiger partial charge in [-0.05, 0) is 56.9 Å². The molecule has 2 aromatic heterocycles. The Balaban J connectivity index is 1.21. The molecule has 1 saturated heterocycles. The Morgan fingerprint density at radius 1 is 1.26 bits per heavy atom. The van der Waals surface area contributed by atoms with E-state index in [1.54, 1.807) is 0 Å². The summed E-state index contributed by atoms with van der Waals surface area (Å²) in [4.78, 5) is 33.0. The molecule has 184 valence electrons. The van der Waals surface area contributed by atoms with Crippen molar-refractivity contribution in [2.24, 2.45) is 5.92 Å². The molecule has 0 radical (unpaired) electrons. The van der Waals surface area contributed by atoms with Crippen molar-refractivity contribution < 1.29 is 19.1 Å². The summed E-state index contributed by atoms with van der Waals surface area (Å²) in [6.45, 7) is 6.21. The van der Waals surface area contributed by atoms with E-state index in [1.807, 2.05) is 26.0 Å². The van der Waals surface area contributed by atoms with Crippen molar-refractivity contribution in [1.82, 2.24) is 10.3 Å². The van der Waals surface area contributed by atoms with Crippen molar-refractivity contribution in [3.05, 3.63) is 46.5 Å². The first-order valence-corrected chi connectivity index (χ1v) is 12.9. The first kappa shape index (κ1) is 23.4. The minimum atomic E-state index is -0.193. The molecule has 1 atom stereocenters. The number of hydrogen-bond acceptors (Lipinski definition) is 8. The maximum absolute atomic E-state index is 13.0. The number of carbonyl (C=O) groups is 2. The van der Waals surface area contributed by atoms with Crippen LogP contribution in [0.3, 0.4) is 0 Å². The molecule has 5 rings (SSSR count). The number of nitrogen functional groups attached to an aromatic ring is 1. The van der Waals surface area contributed by atoms with Crippen molar-refractivity contribution in [3.8, 4) is 5.75 Å². The van der Waals surface area contributed by atoms with E-state index in [2.05, 4.69) is 33.4 Å². The molecule has 1 amide bonds. The SMILES string of the molecule is CCOC(=O)C1CCN(c2ccc3c(c2)OC[C@H](NC(=O)c2sc4nc(C)ccc4c2N)C3)CC1. The van der Waals surface area contributed by atoms with E-state index in [-0.39, 0.29) is 23.8 Å². The molecule has 2 aliphatic heterocycles. The lowest BCUT2D eigenvalue weighted by Gasteiger charge is -2.33. The molecule has 4 heterocycles. The number of aromatic nitrogens is 1. The third kappa shape index (κ3) is 4.77. The summed E-state index contributed by atoms with van der Waals surface area (Å²) in [6, 6.07) is 9.90. The van der Waals surface area contributed by atoms with Crippen LogP contribution in [-0.2, 0) is 16.0 Å². The van der Waals surface area contributed by atoms with Gasteiger partial charge in [-0.25, -0.2) is 4.98 Å². The van der Waals surface area contributed by atoms with Crippen LogP contribution in [0, 0.1) is 12.8 Å². The first-order valence-electron chi connectivity index (χ1n) is 12.1. The molecule has 1 fully saturated rings. The van der Waals surface area contributed by atoms with Gasteiger partial charge in [0.15, 0.2) is 0 Å². The molecule has 0 spiro atoms. The second-order valence-corrected chi connectivity index (χ2v) is 10.1. The molecule has 0 bridgehead atoms. The number of rotatable bonds is 5. The van der Waals surface area contributed by atoms with Crippen LogP contribution in [0.2, 0.25) is 0 Å². The molecule has 3 N–H and O–H groups in total. The van der Waals surface area contributed by atoms with Gasteiger partial charge in [0.25, 0.3) is 5.91 Å². The summed E-state index contributed by atoms with van der Waals surface area (Å²) >= 11 is 1.32. The fourth-order valence-electron chi connectivity index (χ4n) is 4.79. The molecule has 9 heteroatoms. The second kappa shape index (κ2) is 9.73. The number of benzene rings is 1. The van der Waals surface area contributed by atoms with Crippen molar-refractivity contribution in [2.45, 2.75) is 39.2 Å². The summed E-state index contributed by atoms with van der Waals surface area (Å²) in [6.07, 6.45) is 2.27. The highest BCUT2D eigenvalue weighted by molar-refractivity contribution is 7.21. The number of nitrogens with two attached hydrogens (primary N) is 1. The van der Waals surface area contributed by atoms with Crippen LogP contribution in [-0.4, -0.2) is 49.2 Å². The zero-order chi connectivity index (χ0) is 24.5. The van der Waals surface area contributed by atoms with Gasteiger partial charge >= 0.3 is 5.97 Å². The maximum atomic E-state index is 13.0. The van der Waals surface area contributed by atoms with Crippen LogP contribution in [0.15, 0.2) is 30.3 Å². The highest BCUT2D eigenvalue weighted by Gasteiger charge is 2.28. The number of esters is 1. The van der Waals surface area contributed by atoms with E-state index < -0.39 is 0 Å². The van der Waals surface area contributed by atoms with Crippen LogP contribution in [0.5, 0.6) is 5.75 Å². The summed E-state index contributed by atoms with van der Waals surface area (Å²) in [5, 5.41) is 3.90. The van der Waals surface area contributed by atoms with Crippen LogP contribution in [0.25, 0.3) is 10.2 Å². The van der Waals surface area contributed by atoms with Crippen molar-refractivity contribution in [1.29, 1.82) is 0 Å². The number of nitrogens with zero attached hydrogens (tertiary/aromatic N) is 2.